The van der Waals surface area contributed by atoms with Crippen molar-refractivity contribution in [3.05, 3.63) is 12.2 Å². The molecule has 0 rings (SSSR count). The molecule has 0 heterocycles. The number of carbonyl (C=O) groups is 12. The molecule has 0 aromatic carbocycles. The van der Waals surface area contributed by atoms with Crippen LogP contribution in [0.3, 0.4) is 0 Å². The Balaban J connectivity index is 7.14. The number of likely N-dealkylation sites (N-methyl/N-ethyl adjacent to an activating group) is 7. The number of hydrogen-bond acceptors (Lipinski definition) is 16. The van der Waals surface area contributed by atoms with Crippen LogP contribution >= 0.6 is 0 Å². The summed E-state index contributed by atoms with van der Waals surface area (Å²) in [6, 6.07) is -8.83. The van der Waals surface area contributed by atoms with E-state index in [0.29, 0.717) is 19.4 Å². The summed E-state index contributed by atoms with van der Waals surface area (Å²) in [4.78, 5) is 177. The predicted octanol–water partition coefficient (Wildman–Crippen LogP) is 5.57. The molecule has 0 bridgehead atoms. The van der Waals surface area contributed by atoms with Crippen LogP contribution in [-0.4, -0.2) is 231 Å². The molecule has 3 N–H and O–H groups in total. The summed E-state index contributed by atoms with van der Waals surface area (Å²) in [5.74, 6) is -10.4. The van der Waals surface area contributed by atoms with Gasteiger partial charge in [-0.15, -0.1) is 0 Å². The molecule has 0 aliphatic rings. The zero-order valence-corrected chi connectivity index (χ0v) is 60.9. The van der Waals surface area contributed by atoms with Gasteiger partial charge in [-0.3, -0.25) is 52.7 Å². The van der Waals surface area contributed by atoms with Gasteiger partial charge in [-0.1, -0.05) is 116 Å². The molecule has 0 saturated heterocycles. The topological polar surface area (TPSA) is 288 Å². The number of nitrogens with zero attached hydrogens (tertiary/aromatic N) is 6. The summed E-state index contributed by atoms with van der Waals surface area (Å²) in [6.07, 6.45) is 2.88. The van der Waals surface area contributed by atoms with Crippen molar-refractivity contribution >= 4 is 70.8 Å². The number of Topliss-reactive ketones (excluding diaryl/α,β-unsaturated/α-hetero) is 2. The van der Waals surface area contributed by atoms with Crippen molar-refractivity contribution in [3.63, 3.8) is 0 Å². The van der Waals surface area contributed by atoms with E-state index in [2.05, 4.69) is 16.0 Å². The van der Waals surface area contributed by atoms with Gasteiger partial charge in [0.25, 0.3) is 0 Å². The van der Waals surface area contributed by atoms with Crippen molar-refractivity contribution in [2.24, 2.45) is 53.3 Å². The molecule has 0 aliphatic heterocycles. The molecule has 0 saturated carbocycles. The first-order chi connectivity index (χ1) is 42.6. The minimum absolute atomic E-state index is 0.0272. The van der Waals surface area contributed by atoms with E-state index in [0.717, 1.165) is 4.90 Å². The predicted molar refractivity (Wildman–Crippen MR) is 355 cm³/mol. The number of esters is 2. The molecule has 24 nitrogen and oxygen atoms in total. The molecule has 0 radical (unpaired) electrons. The van der Waals surface area contributed by atoms with Crippen molar-refractivity contribution in [1.82, 2.24) is 45.3 Å². The van der Waals surface area contributed by atoms with Crippen LogP contribution in [0.4, 0.5) is 0 Å². The molecule has 0 spiro atoms. The summed E-state index contributed by atoms with van der Waals surface area (Å²) in [7, 11) is 12.0. The van der Waals surface area contributed by atoms with E-state index >= 15 is 14.4 Å². The standard InChI is InChI=1S/C68H121N9O15/c1-27-29-30-44(13)60(92-49(18)79)59(62(83)70-50(28-2)68(89)91-32-31-72(20)48(17)78)77(25)67(88)58(43(11)12)76(24)65(86)53(35-41(7)8)75(23)64(85)52(34-40(5)6)74(22)63(84)46(15)37-54(80)45(14)36-55(81)51(33-39(3)4)73(21)66(87)56(42(9)10)71-61(82)57(69-19)47(16)38-90-26/h27,29,39-47,50-53,56-60,69H,28,30-38H2,1-26H3,(H,70,83)(H,71,82)/b29-27+/t44-,45-,46+,47-,50+,51+,52+,53+,56+,57+,58+,59+,60-/m1/s1. The Morgan fingerprint density at radius 2 is 1.00 bits per heavy atom. The molecule has 8 amide bonds. The summed E-state index contributed by atoms with van der Waals surface area (Å²) in [6.45, 7) is 31.5. The van der Waals surface area contributed by atoms with E-state index in [1.54, 1.807) is 89.6 Å². The maximum absolute atomic E-state index is 15.3. The molecule has 24 heteroatoms. The van der Waals surface area contributed by atoms with Crippen LogP contribution in [-0.2, 0) is 71.7 Å². The Labute approximate surface area is 551 Å². The normalized spacial score (nSPS) is 16.0. The van der Waals surface area contributed by atoms with E-state index < -0.39 is 125 Å². The van der Waals surface area contributed by atoms with Crippen LogP contribution in [0, 0.1) is 53.3 Å². The monoisotopic (exact) mass is 1300 g/mol. The highest BCUT2D eigenvalue weighted by molar-refractivity contribution is 5.98. The average molecular weight is 1300 g/mol. The highest BCUT2D eigenvalue weighted by Gasteiger charge is 2.46. The number of amides is 8. The number of ketones is 2. The van der Waals surface area contributed by atoms with Crippen molar-refractivity contribution < 1.29 is 71.7 Å². The summed E-state index contributed by atoms with van der Waals surface area (Å²) in [5, 5.41) is 8.61. The summed E-state index contributed by atoms with van der Waals surface area (Å²) >= 11 is 0. The molecule has 0 aromatic rings. The van der Waals surface area contributed by atoms with Gasteiger partial charge in [0.1, 0.15) is 54.7 Å². The second-order valence-corrected chi connectivity index (χ2v) is 27.3. The van der Waals surface area contributed by atoms with Gasteiger partial charge >= 0.3 is 11.9 Å². The van der Waals surface area contributed by atoms with Gasteiger partial charge in [-0.05, 0) is 81.6 Å². The molecule has 0 aliphatic carbocycles. The Morgan fingerprint density at radius 3 is 1.45 bits per heavy atom. The van der Waals surface area contributed by atoms with Crippen LogP contribution in [0.15, 0.2) is 12.2 Å². The first-order valence-electron chi connectivity index (χ1n) is 32.9. The number of ether oxygens (including phenoxy) is 3. The largest absolute Gasteiger partial charge is 0.462 e. The molecular weight excluding hydrogens is 1180 g/mol. The molecular formula is C68H121N9O15. The van der Waals surface area contributed by atoms with E-state index in [-0.39, 0.29) is 98.2 Å². The third-order valence-electron chi connectivity index (χ3n) is 17.1. The van der Waals surface area contributed by atoms with E-state index in [1.807, 2.05) is 54.5 Å². The average Bonchev–Trinajstić information content (AvgIpc) is 0.811. The summed E-state index contributed by atoms with van der Waals surface area (Å²) in [5.41, 5.74) is 0. The molecule has 0 unspecified atom stereocenters. The second kappa shape index (κ2) is 41.4. The van der Waals surface area contributed by atoms with Crippen molar-refractivity contribution in [2.75, 3.05) is 76.2 Å². The SMILES string of the molecule is C/C=C/C[C@@H](C)[C@@H](OC(C)=O)[C@@H](C(=O)N[C@@H](CC)C(=O)OCCN(C)C(C)=O)N(C)C(=O)[C@H](C(C)C)N(C)C(=O)[C@H](CC(C)C)N(C)C(=O)[C@H](CC(C)C)N(C)C(=O)[C@@H](C)CC(=O)[C@H](C)CC(=O)[C@H](CC(C)C)N(C)C(=O)[C@@H](NC(=O)[C@@H](NC)[C@H](C)COC)C(C)C. The lowest BCUT2D eigenvalue weighted by atomic mass is 9.88. The first-order valence-corrected chi connectivity index (χ1v) is 32.9. The van der Waals surface area contributed by atoms with Gasteiger partial charge in [0.2, 0.25) is 47.3 Å². The number of rotatable bonds is 42. The number of carbonyl (C=O) groups excluding carboxylic acids is 12. The third-order valence-corrected chi connectivity index (χ3v) is 17.1. The van der Waals surface area contributed by atoms with Crippen molar-refractivity contribution in [1.29, 1.82) is 0 Å². The fourth-order valence-electron chi connectivity index (χ4n) is 11.3. The Hall–Kier alpha value is -6.30. The number of hydrogen-bond donors (Lipinski definition) is 3. The lowest BCUT2D eigenvalue weighted by molar-refractivity contribution is -0.164. The number of methoxy groups -OCH3 is 1. The molecule has 13 atom stereocenters. The fraction of sp³-hybridized carbons (Fsp3) is 0.794. The number of nitrogens with one attached hydrogen (secondary N) is 3. The van der Waals surface area contributed by atoms with E-state index in [9.17, 15) is 43.2 Å². The minimum atomic E-state index is -1.55. The lowest BCUT2D eigenvalue weighted by Crippen LogP contribution is -2.63. The van der Waals surface area contributed by atoms with Crippen molar-refractivity contribution in [3.8, 4) is 0 Å². The molecule has 0 fully saturated rings. The van der Waals surface area contributed by atoms with Gasteiger partial charge in [0.05, 0.1) is 25.2 Å². The van der Waals surface area contributed by atoms with Crippen LogP contribution < -0.4 is 16.0 Å². The quantitative estimate of drug-likeness (QED) is 0.0497. The van der Waals surface area contributed by atoms with Crippen LogP contribution in [0.25, 0.3) is 0 Å². The molecule has 92 heavy (non-hydrogen) atoms. The lowest BCUT2D eigenvalue weighted by Gasteiger charge is -2.42. The zero-order chi connectivity index (χ0) is 71.5. The Kier molecular flexibility index (Phi) is 38.6. The van der Waals surface area contributed by atoms with Crippen LogP contribution in [0.1, 0.15) is 170 Å². The Morgan fingerprint density at radius 1 is 0.522 bits per heavy atom. The minimum Gasteiger partial charge on any atom is -0.462 e. The van der Waals surface area contributed by atoms with Gasteiger partial charge < -0.3 is 59.6 Å². The fourth-order valence-corrected chi connectivity index (χ4v) is 11.3. The maximum atomic E-state index is 15.3. The van der Waals surface area contributed by atoms with Gasteiger partial charge in [0.15, 0.2) is 5.78 Å². The van der Waals surface area contributed by atoms with Crippen LogP contribution in [0.5, 0.6) is 0 Å². The zero-order valence-electron chi connectivity index (χ0n) is 60.9. The highest BCUT2D eigenvalue weighted by atomic mass is 16.5. The van der Waals surface area contributed by atoms with Crippen LogP contribution in [0.2, 0.25) is 0 Å². The van der Waals surface area contributed by atoms with Gasteiger partial charge in [-0.25, -0.2) is 4.79 Å². The molecule has 0 aromatic heterocycles. The smallest absolute Gasteiger partial charge is 0.328 e. The van der Waals surface area contributed by atoms with E-state index in [4.69, 9.17) is 14.2 Å². The van der Waals surface area contributed by atoms with E-state index in [1.165, 1.54) is 73.6 Å². The Bertz CT molecular complexity index is 2470. The number of allylic oxidation sites excluding steroid dienone is 2. The molecule has 528 valence electrons. The third kappa shape index (κ3) is 26.6. The maximum Gasteiger partial charge on any atom is 0.328 e. The summed E-state index contributed by atoms with van der Waals surface area (Å²) < 4.78 is 16.6. The first kappa shape index (κ1) is 85.7. The van der Waals surface area contributed by atoms with Gasteiger partial charge in [-0.2, -0.15) is 0 Å². The highest BCUT2D eigenvalue weighted by Crippen LogP contribution is 2.28. The van der Waals surface area contributed by atoms with Gasteiger partial charge in [0, 0.05) is 93.8 Å². The van der Waals surface area contributed by atoms with Crippen molar-refractivity contribution in [2.45, 2.75) is 224 Å². The second-order valence-electron chi connectivity index (χ2n) is 27.3.